The lowest BCUT2D eigenvalue weighted by Crippen LogP contribution is -2.26. The molecule has 0 saturated carbocycles. The van der Waals surface area contributed by atoms with Crippen molar-refractivity contribution < 1.29 is 23.1 Å². The second kappa shape index (κ2) is 8.27. The molecule has 0 amide bonds. The highest BCUT2D eigenvalue weighted by atomic mass is 35.5. The van der Waals surface area contributed by atoms with Gasteiger partial charge in [-0.05, 0) is 19.1 Å². The summed E-state index contributed by atoms with van der Waals surface area (Å²) in [5, 5.41) is 11.9. The van der Waals surface area contributed by atoms with E-state index in [1.54, 1.807) is 6.92 Å². The molecule has 0 aliphatic heterocycles. The van der Waals surface area contributed by atoms with Gasteiger partial charge in [-0.25, -0.2) is 9.48 Å². The second-order valence-corrected chi connectivity index (χ2v) is 7.31. The van der Waals surface area contributed by atoms with Gasteiger partial charge in [-0.2, -0.15) is 13.2 Å². The maximum Gasteiger partial charge on any atom is 0.432 e. The zero-order chi connectivity index (χ0) is 23.1. The molecule has 1 aromatic carbocycles. The number of carboxylic acid groups (broad SMARTS) is 1. The quantitative estimate of drug-likeness (QED) is 0.580. The van der Waals surface area contributed by atoms with E-state index in [0.29, 0.717) is 10.7 Å². The summed E-state index contributed by atoms with van der Waals surface area (Å²) in [6.07, 6.45) is -4.76. The number of benzene rings is 1. The summed E-state index contributed by atoms with van der Waals surface area (Å²) in [6.45, 7) is 1.37. The number of H-pyrrole nitrogens is 1. The van der Waals surface area contributed by atoms with E-state index in [2.05, 4.69) is 0 Å². The van der Waals surface area contributed by atoms with Crippen LogP contribution in [0.2, 0.25) is 10.0 Å². The number of nitrogens with zero attached hydrogens (tertiary/aromatic N) is 2. The zero-order valence-corrected chi connectivity index (χ0v) is 17.3. The van der Waals surface area contributed by atoms with E-state index in [1.807, 2.05) is 5.10 Å². The first-order valence-electron chi connectivity index (χ1n) is 8.76. The maximum atomic E-state index is 12.9. The number of carboxylic acids is 1. The van der Waals surface area contributed by atoms with Crippen molar-refractivity contribution in [3.8, 4) is 11.3 Å². The molecule has 0 bridgehead atoms. The van der Waals surface area contributed by atoms with Crippen LogP contribution in [0.15, 0.2) is 39.9 Å². The van der Waals surface area contributed by atoms with Gasteiger partial charge >= 0.3 is 12.1 Å². The first-order chi connectivity index (χ1) is 14.4. The van der Waals surface area contributed by atoms with E-state index in [9.17, 15) is 32.7 Å². The number of hydrogen-bond donors (Lipinski definition) is 2. The number of halogens is 5. The molecule has 0 fully saturated rings. The van der Waals surface area contributed by atoms with E-state index in [0.717, 1.165) is 6.07 Å². The van der Waals surface area contributed by atoms with Crippen molar-refractivity contribution in [1.82, 2.24) is 14.3 Å². The number of pyridine rings is 1. The molecule has 31 heavy (non-hydrogen) atoms. The molecule has 164 valence electrons. The van der Waals surface area contributed by atoms with Crippen LogP contribution in [0.3, 0.4) is 0 Å². The number of nitrogens with one attached hydrogen (secondary N) is 1. The van der Waals surface area contributed by atoms with Gasteiger partial charge in [0.25, 0.3) is 5.56 Å². The van der Waals surface area contributed by atoms with Crippen LogP contribution in [-0.4, -0.2) is 25.4 Å². The van der Waals surface area contributed by atoms with Gasteiger partial charge in [0, 0.05) is 29.9 Å². The van der Waals surface area contributed by atoms with Gasteiger partial charge in [0.05, 0.1) is 22.3 Å². The number of rotatable bonds is 5. The van der Waals surface area contributed by atoms with Crippen molar-refractivity contribution in [2.75, 3.05) is 0 Å². The Bertz CT molecular complexity index is 1290. The zero-order valence-electron chi connectivity index (χ0n) is 15.8. The first kappa shape index (κ1) is 22.7. The minimum absolute atomic E-state index is 0.00767. The minimum atomic E-state index is -4.76. The Balaban J connectivity index is 2.26. The summed E-state index contributed by atoms with van der Waals surface area (Å²) in [6, 6.07) is 5.65. The van der Waals surface area contributed by atoms with Gasteiger partial charge in [-0.3, -0.25) is 14.7 Å². The fourth-order valence-corrected chi connectivity index (χ4v) is 3.50. The molecule has 0 aliphatic carbocycles. The van der Waals surface area contributed by atoms with Gasteiger partial charge < -0.3 is 9.67 Å². The number of aromatic nitrogens is 3. The largest absolute Gasteiger partial charge is 0.477 e. The molecule has 2 N–H and O–H groups in total. The summed E-state index contributed by atoms with van der Waals surface area (Å²) in [5.41, 5.74) is -3.23. The molecule has 0 aliphatic rings. The molecule has 0 spiro atoms. The van der Waals surface area contributed by atoms with E-state index >= 15 is 0 Å². The monoisotopic (exact) mass is 475 g/mol. The van der Waals surface area contributed by atoms with Gasteiger partial charge in [0.1, 0.15) is 11.3 Å². The van der Waals surface area contributed by atoms with Crippen molar-refractivity contribution in [1.29, 1.82) is 0 Å². The van der Waals surface area contributed by atoms with Crippen LogP contribution in [0.25, 0.3) is 11.3 Å². The third-order valence-corrected chi connectivity index (χ3v) is 5.27. The fraction of sp³-hybridized carbons (Fsp3) is 0.211. The number of aromatic carboxylic acids is 1. The molecule has 3 rings (SSSR count). The van der Waals surface area contributed by atoms with Crippen molar-refractivity contribution in [2.24, 2.45) is 0 Å². The van der Waals surface area contributed by atoms with E-state index in [-0.39, 0.29) is 33.5 Å². The third-order valence-electron chi connectivity index (χ3n) is 4.54. The van der Waals surface area contributed by atoms with E-state index in [4.69, 9.17) is 23.2 Å². The Morgan fingerprint density at radius 1 is 1.13 bits per heavy atom. The van der Waals surface area contributed by atoms with Crippen LogP contribution in [-0.2, 0) is 19.3 Å². The Kier molecular flexibility index (Phi) is 6.06. The predicted octanol–water partition coefficient (Wildman–Crippen LogP) is 4.10. The molecule has 3 aromatic rings. The normalized spacial score (nSPS) is 11.7. The molecule has 12 heteroatoms. The fourth-order valence-electron chi connectivity index (χ4n) is 3.20. The lowest BCUT2D eigenvalue weighted by Gasteiger charge is -2.20. The third kappa shape index (κ3) is 4.40. The van der Waals surface area contributed by atoms with Crippen molar-refractivity contribution in [3.05, 3.63) is 77.9 Å². The second-order valence-electron chi connectivity index (χ2n) is 6.49. The van der Waals surface area contributed by atoms with Crippen LogP contribution in [0, 0.1) is 0 Å². The maximum absolute atomic E-state index is 12.9. The van der Waals surface area contributed by atoms with Gasteiger partial charge in [-0.1, -0.05) is 29.3 Å². The van der Waals surface area contributed by atoms with Crippen LogP contribution >= 0.6 is 23.2 Å². The molecular weight excluding hydrogens is 462 g/mol. The standard InChI is InChI=1S/C19H14Cl2F3N3O4/c1-2-26-10(8-27-15(29)7-14(25-27)19(22,23)24)6-13(28)16(18(30)31)17(26)9-3-4-11(20)12(21)5-9/h3-7,25H,2,8H2,1H3,(H,30,31). The highest BCUT2D eigenvalue weighted by molar-refractivity contribution is 6.42. The Hall–Kier alpha value is -2.98. The molecule has 0 atom stereocenters. The van der Waals surface area contributed by atoms with Gasteiger partial charge in [-0.15, -0.1) is 0 Å². The predicted molar refractivity (Wildman–Crippen MR) is 108 cm³/mol. The summed E-state index contributed by atoms with van der Waals surface area (Å²) in [7, 11) is 0. The lowest BCUT2D eigenvalue weighted by molar-refractivity contribution is -0.141. The smallest absolute Gasteiger partial charge is 0.432 e. The molecule has 0 radical (unpaired) electrons. The molecule has 0 unspecified atom stereocenters. The summed E-state index contributed by atoms with van der Waals surface area (Å²) < 4.78 is 40.8. The van der Waals surface area contributed by atoms with Crippen LogP contribution in [0.4, 0.5) is 13.2 Å². The summed E-state index contributed by atoms with van der Waals surface area (Å²) in [5.74, 6) is -1.49. The summed E-state index contributed by atoms with van der Waals surface area (Å²) in [4.78, 5) is 36.4. The first-order valence-corrected chi connectivity index (χ1v) is 9.52. The number of hydrogen-bond acceptors (Lipinski definition) is 3. The summed E-state index contributed by atoms with van der Waals surface area (Å²) >= 11 is 12.0. The van der Waals surface area contributed by atoms with Crippen molar-refractivity contribution >= 4 is 29.2 Å². The molecule has 7 nitrogen and oxygen atoms in total. The topological polar surface area (TPSA) is 97.1 Å². The SMILES string of the molecule is CCn1c(Cn2[nH]c(C(F)(F)F)cc2=O)cc(=O)c(C(=O)O)c1-c1ccc(Cl)c(Cl)c1. The highest BCUT2D eigenvalue weighted by Gasteiger charge is 2.33. The minimum Gasteiger partial charge on any atom is -0.477 e. The van der Waals surface area contributed by atoms with E-state index in [1.165, 1.54) is 22.8 Å². The van der Waals surface area contributed by atoms with Crippen molar-refractivity contribution in [3.63, 3.8) is 0 Å². The number of alkyl halides is 3. The van der Waals surface area contributed by atoms with Crippen LogP contribution in [0.1, 0.15) is 28.7 Å². The molecule has 2 heterocycles. The average Bonchev–Trinajstić information content (AvgIpc) is 3.04. The number of aromatic amines is 1. The van der Waals surface area contributed by atoms with Crippen molar-refractivity contribution in [2.45, 2.75) is 26.2 Å². The molecule has 0 saturated heterocycles. The van der Waals surface area contributed by atoms with Crippen LogP contribution < -0.4 is 11.0 Å². The Labute approximate surface area is 182 Å². The Morgan fingerprint density at radius 2 is 1.81 bits per heavy atom. The number of carbonyl (C=O) groups is 1. The Morgan fingerprint density at radius 3 is 2.32 bits per heavy atom. The molecular formula is C19H14Cl2F3N3O4. The van der Waals surface area contributed by atoms with E-state index < -0.39 is 40.9 Å². The van der Waals surface area contributed by atoms with Gasteiger partial charge in [0.15, 0.2) is 5.43 Å². The highest BCUT2D eigenvalue weighted by Crippen LogP contribution is 2.31. The average molecular weight is 476 g/mol. The van der Waals surface area contributed by atoms with Gasteiger partial charge in [0.2, 0.25) is 0 Å². The lowest BCUT2D eigenvalue weighted by atomic mass is 10.0. The molecule has 2 aromatic heterocycles. The van der Waals surface area contributed by atoms with Crippen LogP contribution in [0.5, 0.6) is 0 Å².